The van der Waals surface area contributed by atoms with Crippen molar-refractivity contribution in [2.24, 2.45) is 0 Å². The van der Waals surface area contributed by atoms with Gasteiger partial charge < -0.3 is 9.94 Å². The largest absolute Gasteiger partial charge is 0.806 e. The first-order valence-electron chi connectivity index (χ1n) is 4.38. The summed E-state index contributed by atoms with van der Waals surface area (Å²) in [5, 5.41) is 12.5. The number of fused-ring (bicyclic) bond motifs is 3. The fourth-order valence-electron chi connectivity index (χ4n) is 1.78. The zero-order valence-corrected chi connectivity index (χ0v) is 7.34. The molecular weight excluding hydrogens is 176 g/mol. The van der Waals surface area contributed by atoms with E-state index in [1.165, 1.54) is 6.20 Å². The molecule has 1 aliphatic heterocycles. The molecule has 0 amide bonds. The fraction of sp³-hybridized carbons (Fsp3) is 0. The number of hydrogen-bond acceptors (Lipinski definition) is 2. The van der Waals surface area contributed by atoms with E-state index in [0.29, 0.717) is 5.69 Å². The van der Waals surface area contributed by atoms with Gasteiger partial charge in [-0.2, -0.15) is 0 Å². The van der Waals surface area contributed by atoms with Crippen LogP contribution in [0.15, 0.2) is 42.7 Å². The van der Waals surface area contributed by atoms with E-state index in [9.17, 15) is 5.21 Å². The van der Waals surface area contributed by atoms with Crippen molar-refractivity contribution in [3.63, 3.8) is 0 Å². The smallest absolute Gasteiger partial charge is 0.0729 e. The van der Waals surface area contributed by atoms with Crippen LogP contribution in [0.4, 0.5) is 0 Å². The van der Waals surface area contributed by atoms with Crippen LogP contribution in [0, 0.1) is 5.21 Å². The second-order valence-corrected chi connectivity index (χ2v) is 3.22. The van der Waals surface area contributed by atoms with Gasteiger partial charge in [0, 0.05) is 17.1 Å². The molecule has 2 heterocycles. The highest BCUT2D eigenvalue weighted by molar-refractivity contribution is 5.98. The Hall–Kier alpha value is -2.03. The number of aromatic nitrogens is 2. The SMILES string of the molecule is [O-]n1cccc2cc3ncccc3c1-2. The summed E-state index contributed by atoms with van der Waals surface area (Å²) in [4.78, 5) is 4.21. The minimum atomic E-state index is 0.704. The Morgan fingerprint density at radius 3 is 3.07 bits per heavy atom. The molecule has 0 spiro atoms. The van der Waals surface area contributed by atoms with Gasteiger partial charge in [0.05, 0.1) is 11.2 Å². The van der Waals surface area contributed by atoms with Crippen LogP contribution < -0.4 is 0 Å². The molecular formula is C11H7N2O-. The summed E-state index contributed by atoms with van der Waals surface area (Å²) in [5.41, 5.74) is 2.52. The Labute approximate surface area is 80.5 Å². The third kappa shape index (κ3) is 0.836. The van der Waals surface area contributed by atoms with Crippen LogP contribution in [0.2, 0.25) is 0 Å². The molecule has 0 fully saturated rings. The molecule has 1 aromatic heterocycles. The zero-order chi connectivity index (χ0) is 9.54. The highest BCUT2D eigenvalue weighted by Crippen LogP contribution is 2.31. The van der Waals surface area contributed by atoms with Crippen molar-refractivity contribution in [3.8, 4) is 11.3 Å². The Morgan fingerprint density at radius 2 is 2.14 bits per heavy atom. The van der Waals surface area contributed by atoms with Gasteiger partial charge in [0.25, 0.3) is 0 Å². The second-order valence-electron chi connectivity index (χ2n) is 3.22. The van der Waals surface area contributed by atoms with Crippen LogP contribution in [-0.4, -0.2) is 9.71 Å². The maximum atomic E-state index is 11.5. The van der Waals surface area contributed by atoms with Crippen molar-refractivity contribution in [2.75, 3.05) is 0 Å². The van der Waals surface area contributed by atoms with E-state index >= 15 is 0 Å². The summed E-state index contributed by atoms with van der Waals surface area (Å²) in [6, 6.07) is 9.35. The van der Waals surface area contributed by atoms with Crippen molar-refractivity contribution >= 4 is 10.9 Å². The lowest BCUT2D eigenvalue weighted by Crippen LogP contribution is -1.91. The maximum Gasteiger partial charge on any atom is 0.0729 e. The van der Waals surface area contributed by atoms with Crippen molar-refractivity contribution in [1.82, 2.24) is 9.71 Å². The van der Waals surface area contributed by atoms with Crippen LogP contribution in [0.5, 0.6) is 0 Å². The molecule has 14 heavy (non-hydrogen) atoms. The van der Waals surface area contributed by atoms with Gasteiger partial charge >= 0.3 is 0 Å². The molecule has 0 radical (unpaired) electrons. The molecule has 3 rings (SSSR count). The zero-order valence-electron chi connectivity index (χ0n) is 7.34. The summed E-state index contributed by atoms with van der Waals surface area (Å²) >= 11 is 0. The Bertz CT molecular complexity index is 571. The van der Waals surface area contributed by atoms with E-state index in [1.54, 1.807) is 12.3 Å². The second kappa shape index (κ2) is 2.48. The quantitative estimate of drug-likeness (QED) is 0.537. The summed E-state index contributed by atoms with van der Waals surface area (Å²) in [6.45, 7) is 0. The predicted molar refractivity (Wildman–Crippen MR) is 55.1 cm³/mol. The van der Waals surface area contributed by atoms with Crippen molar-refractivity contribution in [3.05, 3.63) is 47.9 Å². The van der Waals surface area contributed by atoms with Crippen LogP contribution in [0.3, 0.4) is 0 Å². The van der Waals surface area contributed by atoms with Gasteiger partial charge in [-0.1, -0.05) is 6.07 Å². The van der Waals surface area contributed by atoms with Gasteiger partial charge in [-0.05, 0) is 30.5 Å². The summed E-state index contributed by atoms with van der Waals surface area (Å²) in [6.07, 6.45) is 3.24. The molecule has 68 valence electrons. The average Bonchev–Trinajstić information content (AvgIpc) is 2.57. The highest BCUT2D eigenvalue weighted by atomic mass is 16.5. The Kier molecular flexibility index (Phi) is 1.31. The molecule has 2 aliphatic rings. The van der Waals surface area contributed by atoms with Gasteiger partial charge in [0.1, 0.15) is 0 Å². The third-order valence-electron chi connectivity index (χ3n) is 2.38. The lowest BCUT2D eigenvalue weighted by Gasteiger charge is -2.16. The Balaban J connectivity index is 2.57. The normalized spacial score (nSPS) is 11.1. The summed E-state index contributed by atoms with van der Waals surface area (Å²) in [7, 11) is 0. The fourth-order valence-corrected chi connectivity index (χ4v) is 1.78. The number of pyridine rings is 2. The van der Waals surface area contributed by atoms with Gasteiger partial charge in [-0.15, -0.1) is 0 Å². The average molecular weight is 183 g/mol. The van der Waals surface area contributed by atoms with E-state index < -0.39 is 0 Å². The van der Waals surface area contributed by atoms with Gasteiger partial charge in [-0.3, -0.25) is 4.98 Å². The lowest BCUT2D eigenvalue weighted by atomic mass is 10.2. The maximum absolute atomic E-state index is 11.5. The van der Waals surface area contributed by atoms with E-state index in [1.807, 2.05) is 24.3 Å². The molecule has 0 saturated heterocycles. The molecule has 0 atom stereocenters. The molecule has 3 nitrogen and oxygen atoms in total. The first kappa shape index (κ1) is 7.38. The van der Waals surface area contributed by atoms with Gasteiger partial charge in [0.2, 0.25) is 0 Å². The molecule has 1 aliphatic carbocycles. The molecule has 0 unspecified atom stereocenters. The first-order chi connectivity index (χ1) is 6.86. The topological polar surface area (TPSA) is 40.9 Å². The predicted octanol–water partition coefficient (Wildman–Crippen LogP) is 2.49. The molecule has 0 saturated carbocycles. The number of rotatable bonds is 0. The van der Waals surface area contributed by atoms with Crippen LogP contribution in [0.1, 0.15) is 0 Å². The molecule has 0 N–H and O–H groups in total. The van der Waals surface area contributed by atoms with Crippen molar-refractivity contribution in [1.29, 1.82) is 0 Å². The standard InChI is InChI=1S/C11H7N2O/c14-13-6-2-3-8-7-10-9(11(8)13)4-1-5-12-10/h1-7H/q-1. The molecule has 0 bridgehead atoms. The highest BCUT2D eigenvalue weighted by Gasteiger charge is 2.09. The minimum absolute atomic E-state index is 0.704. The van der Waals surface area contributed by atoms with Gasteiger partial charge in [-0.25, -0.2) is 0 Å². The van der Waals surface area contributed by atoms with Crippen LogP contribution >= 0.6 is 0 Å². The van der Waals surface area contributed by atoms with Crippen LogP contribution in [-0.2, 0) is 0 Å². The third-order valence-corrected chi connectivity index (χ3v) is 2.38. The number of nitrogens with zero attached hydrogens (tertiary/aromatic N) is 2. The summed E-state index contributed by atoms with van der Waals surface area (Å²) < 4.78 is 0.888. The minimum Gasteiger partial charge on any atom is -0.806 e. The van der Waals surface area contributed by atoms with E-state index in [4.69, 9.17) is 0 Å². The Morgan fingerprint density at radius 1 is 1.21 bits per heavy atom. The summed E-state index contributed by atoms with van der Waals surface area (Å²) in [5.74, 6) is 0. The van der Waals surface area contributed by atoms with Crippen molar-refractivity contribution < 1.29 is 0 Å². The lowest BCUT2D eigenvalue weighted by molar-refractivity contribution is 1.09. The van der Waals surface area contributed by atoms with E-state index in [-0.39, 0.29) is 0 Å². The molecule has 0 aromatic carbocycles. The molecule has 3 heteroatoms. The van der Waals surface area contributed by atoms with Gasteiger partial charge in [0.15, 0.2) is 0 Å². The number of hydrogen-bond donors (Lipinski definition) is 0. The van der Waals surface area contributed by atoms with Crippen LogP contribution in [0.25, 0.3) is 22.2 Å². The van der Waals surface area contributed by atoms with Crippen molar-refractivity contribution in [2.45, 2.75) is 0 Å². The van der Waals surface area contributed by atoms with E-state index in [2.05, 4.69) is 4.98 Å². The molecule has 1 aromatic rings. The monoisotopic (exact) mass is 183 g/mol. The van der Waals surface area contributed by atoms with E-state index in [0.717, 1.165) is 21.2 Å². The first-order valence-corrected chi connectivity index (χ1v) is 4.38.